The van der Waals surface area contributed by atoms with Crippen molar-refractivity contribution in [1.82, 2.24) is 4.98 Å². The van der Waals surface area contributed by atoms with Crippen LogP contribution < -0.4 is 0 Å². The highest BCUT2D eigenvalue weighted by Gasteiger charge is 1.93. The molecule has 3 nitrogen and oxygen atoms in total. The van der Waals surface area contributed by atoms with Crippen LogP contribution in [-0.4, -0.2) is 13.4 Å². The Hall–Kier alpha value is -1.03. The first-order valence-electron chi connectivity index (χ1n) is 3.20. The summed E-state index contributed by atoms with van der Waals surface area (Å²) in [4.78, 5) is 2.66. The van der Waals surface area contributed by atoms with Crippen LogP contribution in [0.3, 0.4) is 0 Å². The molecule has 0 unspecified atom stereocenters. The molecule has 60 valence electrons. The van der Waals surface area contributed by atoms with Gasteiger partial charge in [-0.25, -0.2) is 0 Å². The first-order chi connectivity index (χ1) is 5.13. The van der Waals surface area contributed by atoms with E-state index in [0.29, 0.717) is 0 Å². The minimum absolute atomic E-state index is 0.269. The molecule has 0 saturated heterocycles. The second kappa shape index (κ2) is 2.92. The number of aromatic amines is 1. The van der Waals surface area contributed by atoms with Gasteiger partial charge >= 0.3 is 0 Å². The standard InChI is InChI=1S/C7H9NO2S/c1-5-3-4-8-7(6(5)2)11(9)10/h3-4,8H,1-2H3. The molecule has 11 heavy (non-hydrogen) atoms. The quantitative estimate of drug-likeness (QED) is 0.593. The van der Waals surface area contributed by atoms with Crippen LogP contribution in [0.25, 0.3) is 0 Å². The minimum Gasteiger partial charge on any atom is -0.349 e. The van der Waals surface area contributed by atoms with E-state index >= 15 is 0 Å². The summed E-state index contributed by atoms with van der Waals surface area (Å²) in [6, 6.07) is 1.84. The molecule has 0 atom stereocenters. The summed E-state index contributed by atoms with van der Waals surface area (Å²) in [7, 11) is -2.16. The van der Waals surface area contributed by atoms with Gasteiger partial charge in [0.15, 0.2) is 4.64 Å². The first-order valence-corrected chi connectivity index (χ1v) is 4.27. The molecular weight excluding hydrogens is 162 g/mol. The predicted octanol–water partition coefficient (Wildman–Crippen LogP) is 1.04. The first kappa shape index (κ1) is 8.07. The Morgan fingerprint density at radius 2 is 2.00 bits per heavy atom. The average molecular weight is 171 g/mol. The van der Waals surface area contributed by atoms with Crippen LogP contribution in [0, 0.1) is 18.5 Å². The molecular formula is C7H9NO2S. The largest absolute Gasteiger partial charge is 0.349 e. The summed E-state index contributed by atoms with van der Waals surface area (Å²) >= 11 is 0. The van der Waals surface area contributed by atoms with E-state index in [1.54, 1.807) is 13.1 Å². The van der Waals surface area contributed by atoms with Crippen molar-refractivity contribution in [3.05, 3.63) is 28.0 Å². The molecule has 0 saturated carbocycles. The Kier molecular flexibility index (Phi) is 2.14. The normalized spacial score (nSPS) is 9.64. The van der Waals surface area contributed by atoms with Gasteiger partial charge in [0.2, 0.25) is 10.3 Å². The van der Waals surface area contributed by atoms with E-state index in [1.165, 1.54) is 0 Å². The van der Waals surface area contributed by atoms with E-state index in [9.17, 15) is 8.42 Å². The van der Waals surface area contributed by atoms with Crippen molar-refractivity contribution in [3.8, 4) is 0 Å². The van der Waals surface area contributed by atoms with Crippen molar-refractivity contribution < 1.29 is 8.42 Å². The highest BCUT2D eigenvalue weighted by Crippen LogP contribution is 2.02. The molecule has 1 N–H and O–H groups in total. The van der Waals surface area contributed by atoms with Gasteiger partial charge in [0.25, 0.3) is 0 Å². The second-order valence-corrected chi connectivity index (χ2v) is 3.23. The number of rotatable bonds is 0. The number of H-pyrrole nitrogens is 1. The summed E-state index contributed by atoms with van der Waals surface area (Å²) in [5, 5.41) is 0. The number of nitrogens with one attached hydrogen (secondary N) is 1. The van der Waals surface area contributed by atoms with Crippen LogP contribution in [0.5, 0.6) is 0 Å². The fraction of sp³-hybridized carbons (Fsp3) is 0.286. The van der Waals surface area contributed by atoms with Gasteiger partial charge in [-0.15, -0.1) is 0 Å². The summed E-state index contributed by atoms with van der Waals surface area (Å²) < 4.78 is 21.4. The van der Waals surface area contributed by atoms with Crippen molar-refractivity contribution in [3.63, 3.8) is 0 Å². The van der Waals surface area contributed by atoms with E-state index in [4.69, 9.17) is 0 Å². The van der Waals surface area contributed by atoms with Gasteiger partial charge in [0.1, 0.15) is 0 Å². The van der Waals surface area contributed by atoms with E-state index in [1.807, 2.05) is 13.0 Å². The number of aryl methyl sites for hydroxylation is 1. The van der Waals surface area contributed by atoms with Crippen molar-refractivity contribution in [2.24, 2.45) is 0 Å². The maximum absolute atomic E-state index is 10.5. The zero-order chi connectivity index (χ0) is 8.43. The van der Waals surface area contributed by atoms with E-state index < -0.39 is 10.3 Å². The third-order valence-corrected chi connectivity index (χ3v) is 2.40. The predicted molar refractivity (Wildman–Crippen MR) is 42.4 cm³/mol. The molecule has 1 rings (SSSR count). The number of aromatic nitrogens is 1. The molecule has 0 radical (unpaired) electrons. The van der Waals surface area contributed by atoms with Gasteiger partial charge in [-0.3, -0.25) is 0 Å². The lowest BCUT2D eigenvalue weighted by Gasteiger charge is -1.95. The van der Waals surface area contributed by atoms with Crippen molar-refractivity contribution in [1.29, 1.82) is 0 Å². The molecule has 0 bridgehead atoms. The van der Waals surface area contributed by atoms with Crippen LogP contribution >= 0.6 is 0 Å². The zero-order valence-corrected chi connectivity index (χ0v) is 7.20. The smallest absolute Gasteiger partial charge is 0.238 e. The molecule has 0 spiro atoms. The number of hydrogen-bond acceptors (Lipinski definition) is 2. The Morgan fingerprint density at radius 1 is 1.36 bits per heavy atom. The van der Waals surface area contributed by atoms with E-state index in [0.717, 1.165) is 11.1 Å². The molecule has 0 aliphatic heterocycles. The lowest BCUT2D eigenvalue weighted by Crippen LogP contribution is -1.86. The summed E-state index contributed by atoms with van der Waals surface area (Å²) in [5.74, 6) is 0. The Morgan fingerprint density at radius 3 is 2.45 bits per heavy atom. The van der Waals surface area contributed by atoms with Gasteiger partial charge in [0, 0.05) is 6.20 Å². The Bertz CT molecular complexity index is 420. The molecule has 1 aromatic rings. The second-order valence-electron chi connectivity index (χ2n) is 2.35. The highest BCUT2D eigenvalue weighted by atomic mass is 32.2. The van der Waals surface area contributed by atoms with Gasteiger partial charge < -0.3 is 4.98 Å². The molecule has 0 aliphatic carbocycles. The monoisotopic (exact) mass is 171 g/mol. The molecule has 4 heteroatoms. The third-order valence-electron chi connectivity index (χ3n) is 1.65. The maximum atomic E-state index is 10.5. The van der Waals surface area contributed by atoms with Crippen molar-refractivity contribution in [2.45, 2.75) is 13.8 Å². The molecule has 0 fully saturated rings. The van der Waals surface area contributed by atoms with Gasteiger partial charge in [0.05, 0.1) is 0 Å². The Labute approximate surface area is 66.2 Å². The lowest BCUT2D eigenvalue weighted by atomic mass is 10.2. The van der Waals surface area contributed by atoms with Crippen LogP contribution in [0.2, 0.25) is 0 Å². The molecule has 1 aromatic heterocycles. The lowest BCUT2D eigenvalue weighted by molar-refractivity contribution is 0.624. The molecule has 0 aromatic carbocycles. The van der Waals surface area contributed by atoms with Crippen LogP contribution in [0.15, 0.2) is 12.3 Å². The fourth-order valence-electron chi connectivity index (χ4n) is 0.828. The Balaban J connectivity index is 3.82. The average Bonchev–Trinajstić information content (AvgIpc) is 1.94. The SMILES string of the molecule is Cc1cc[nH]c(=S(=O)=O)c1C. The third kappa shape index (κ3) is 1.51. The topological polar surface area (TPSA) is 49.9 Å². The molecule has 1 heterocycles. The van der Waals surface area contributed by atoms with Gasteiger partial charge in [-0.1, -0.05) is 0 Å². The van der Waals surface area contributed by atoms with Crippen molar-refractivity contribution in [2.75, 3.05) is 0 Å². The fourth-order valence-corrected chi connectivity index (χ4v) is 1.40. The molecule has 0 amide bonds. The maximum Gasteiger partial charge on any atom is 0.238 e. The van der Waals surface area contributed by atoms with Crippen LogP contribution in [-0.2, 0) is 10.3 Å². The van der Waals surface area contributed by atoms with Gasteiger partial charge in [-0.2, -0.15) is 8.42 Å². The minimum atomic E-state index is -2.16. The number of pyridine rings is 1. The summed E-state index contributed by atoms with van der Waals surface area (Å²) in [6.45, 7) is 3.65. The van der Waals surface area contributed by atoms with Crippen LogP contribution in [0.4, 0.5) is 0 Å². The summed E-state index contributed by atoms with van der Waals surface area (Å²) in [6.07, 6.45) is 1.62. The highest BCUT2D eigenvalue weighted by molar-refractivity contribution is 7.63. The van der Waals surface area contributed by atoms with Crippen LogP contribution in [0.1, 0.15) is 11.1 Å². The van der Waals surface area contributed by atoms with Gasteiger partial charge in [-0.05, 0) is 31.0 Å². The van der Waals surface area contributed by atoms with E-state index in [2.05, 4.69) is 4.98 Å². The zero-order valence-electron chi connectivity index (χ0n) is 6.38. The molecule has 0 aliphatic rings. The van der Waals surface area contributed by atoms with Crippen molar-refractivity contribution >= 4 is 10.3 Å². The van der Waals surface area contributed by atoms with E-state index in [-0.39, 0.29) is 4.64 Å². The summed E-state index contributed by atoms with van der Waals surface area (Å²) in [5.41, 5.74) is 1.75. The number of hydrogen-bond donors (Lipinski definition) is 1.